The molecule has 2 aromatic carbocycles. The Bertz CT molecular complexity index is 679. The number of hydrogen-bond acceptors (Lipinski definition) is 4. The molecule has 0 saturated carbocycles. The average Bonchev–Trinajstić information content (AvgIpc) is 2.54. The molecular formula is C18H18CuO6. The molecule has 0 aromatic heterocycles. The molecule has 2 aromatic rings. The van der Waals surface area contributed by atoms with Gasteiger partial charge in [-0.05, 0) is 36.1 Å². The van der Waals surface area contributed by atoms with Crippen molar-refractivity contribution in [2.24, 2.45) is 0 Å². The molecule has 0 bridgehead atoms. The Labute approximate surface area is 156 Å². The maximum atomic E-state index is 11.1. The van der Waals surface area contributed by atoms with Crippen LogP contribution in [0.5, 0.6) is 11.5 Å². The molecule has 0 heterocycles. The number of hydrogen-bond donors (Lipinski definition) is 2. The Morgan fingerprint density at radius 2 is 1.12 bits per heavy atom. The number of aromatic carboxylic acids is 2. The first kappa shape index (κ1) is 22.5. The topological polar surface area (TPSA) is 121 Å². The predicted octanol–water partition coefficient (Wildman–Crippen LogP) is 2.04. The van der Waals surface area contributed by atoms with Crippen LogP contribution in [0, 0.1) is 0 Å². The normalized spacial score (nSPS) is 9.36. The third-order valence-corrected chi connectivity index (χ3v) is 3.43. The molecule has 0 amide bonds. The third-order valence-electron chi connectivity index (χ3n) is 3.43. The molecule has 0 spiro atoms. The smallest absolute Gasteiger partial charge is 0.872 e. The first-order chi connectivity index (χ1) is 11.3. The Hall–Kier alpha value is -2.50. The Morgan fingerprint density at radius 1 is 0.800 bits per heavy atom. The number of carboxylic acid groups (broad SMARTS) is 2. The molecule has 0 saturated heterocycles. The van der Waals surface area contributed by atoms with E-state index >= 15 is 0 Å². The molecule has 0 aliphatic rings. The monoisotopic (exact) mass is 393 g/mol. The molecule has 137 valence electrons. The van der Waals surface area contributed by atoms with Crippen LogP contribution in [0.3, 0.4) is 0 Å². The van der Waals surface area contributed by atoms with Crippen LogP contribution in [0.15, 0.2) is 36.4 Å². The molecule has 0 fully saturated rings. The van der Waals surface area contributed by atoms with Gasteiger partial charge in [-0.25, -0.2) is 9.59 Å². The van der Waals surface area contributed by atoms with Crippen LogP contribution in [0.4, 0.5) is 0 Å². The van der Waals surface area contributed by atoms with Crippen LogP contribution in [-0.2, 0) is 29.9 Å². The van der Waals surface area contributed by atoms with Gasteiger partial charge in [-0.2, -0.15) is 0 Å². The standard InChI is InChI=1S/2C9H10O3.Cu/c2*1-2-6-7(9(11)12)4-3-5-8(6)10;/h2*3-5,10H,2H2,1H3,(H,11,12);/q;;+2/p-2. The number of rotatable bonds is 4. The predicted molar refractivity (Wildman–Crippen MR) is 84.5 cm³/mol. The van der Waals surface area contributed by atoms with Crippen molar-refractivity contribution in [3.05, 3.63) is 58.7 Å². The summed E-state index contributed by atoms with van der Waals surface area (Å²) in [5.41, 5.74) is 0.991. The van der Waals surface area contributed by atoms with E-state index in [9.17, 15) is 19.8 Å². The zero-order valence-electron chi connectivity index (χ0n) is 13.7. The van der Waals surface area contributed by atoms with Gasteiger partial charge in [0.2, 0.25) is 0 Å². The van der Waals surface area contributed by atoms with E-state index in [0.717, 1.165) is 0 Å². The number of carbonyl (C=O) groups is 2. The summed E-state index contributed by atoms with van der Waals surface area (Å²) in [6, 6.07) is 8.58. The minimum Gasteiger partial charge on any atom is -0.872 e. The Morgan fingerprint density at radius 3 is 1.32 bits per heavy atom. The summed E-state index contributed by atoms with van der Waals surface area (Å²) in [4.78, 5) is 21.2. The zero-order chi connectivity index (χ0) is 18.3. The molecule has 25 heavy (non-hydrogen) atoms. The maximum Gasteiger partial charge on any atom is 2.00 e. The summed E-state index contributed by atoms with van der Waals surface area (Å²) >= 11 is 0. The van der Waals surface area contributed by atoms with Crippen LogP contribution in [-0.4, -0.2) is 22.2 Å². The molecule has 1 radical (unpaired) electrons. The molecule has 0 aliphatic heterocycles. The van der Waals surface area contributed by atoms with Crippen molar-refractivity contribution in [1.29, 1.82) is 0 Å². The van der Waals surface area contributed by atoms with Gasteiger partial charge in [0.25, 0.3) is 0 Å². The quantitative estimate of drug-likeness (QED) is 0.766. The van der Waals surface area contributed by atoms with E-state index in [0.29, 0.717) is 24.0 Å². The van der Waals surface area contributed by atoms with E-state index in [4.69, 9.17) is 10.2 Å². The van der Waals surface area contributed by atoms with Crippen molar-refractivity contribution in [1.82, 2.24) is 0 Å². The van der Waals surface area contributed by atoms with Gasteiger partial charge < -0.3 is 20.4 Å². The van der Waals surface area contributed by atoms with E-state index in [1.54, 1.807) is 13.8 Å². The zero-order valence-corrected chi connectivity index (χ0v) is 14.6. The fourth-order valence-corrected chi connectivity index (χ4v) is 2.26. The minimum atomic E-state index is -1.04. The van der Waals surface area contributed by atoms with E-state index in [1.165, 1.54) is 36.4 Å². The molecule has 0 unspecified atom stereocenters. The fraction of sp³-hybridized carbons (Fsp3) is 0.222. The van der Waals surface area contributed by atoms with Crippen molar-refractivity contribution in [2.75, 3.05) is 0 Å². The van der Waals surface area contributed by atoms with Crippen molar-refractivity contribution in [3.8, 4) is 11.5 Å². The molecule has 0 aliphatic carbocycles. The first-order valence-corrected chi connectivity index (χ1v) is 7.37. The fourth-order valence-electron chi connectivity index (χ4n) is 2.26. The largest absolute Gasteiger partial charge is 2.00 e. The summed E-state index contributed by atoms with van der Waals surface area (Å²) in [6.07, 6.45) is 0.919. The third kappa shape index (κ3) is 5.81. The van der Waals surface area contributed by atoms with Gasteiger partial charge in [-0.15, -0.1) is 11.5 Å². The van der Waals surface area contributed by atoms with Crippen molar-refractivity contribution >= 4 is 11.9 Å². The Kier molecular flexibility index (Phi) is 9.34. The summed E-state index contributed by atoms with van der Waals surface area (Å²) in [5.74, 6) is -2.47. The van der Waals surface area contributed by atoms with Gasteiger partial charge in [-0.3, -0.25) is 0 Å². The van der Waals surface area contributed by atoms with Gasteiger partial charge in [0, 0.05) is 0 Å². The molecule has 7 heteroatoms. The molecule has 6 nitrogen and oxygen atoms in total. The van der Waals surface area contributed by atoms with Crippen molar-refractivity contribution < 1.29 is 47.1 Å². The van der Waals surface area contributed by atoms with Crippen LogP contribution < -0.4 is 10.2 Å². The average molecular weight is 394 g/mol. The van der Waals surface area contributed by atoms with Crippen LogP contribution in [0.2, 0.25) is 0 Å². The first-order valence-electron chi connectivity index (χ1n) is 7.37. The Balaban J connectivity index is 0.000000443. The van der Waals surface area contributed by atoms with E-state index in [2.05, 4.69) is 0 Å². The SMILES string of the molecule is CCc1c([O-])cccc1C(=O)O.CCc1c([O-])cccc1C(=O)O.[Cu+2]. The van der Waals surface area contributed by atoms with Gasteiger partial charge >= 0.3 is 29.0 Å². The molecule has 2 rings (SSSR count). The minimum absolute atomic E-state index is 0. The maximum absolute atomic E-state index is 11.1. The second kappa shape index (κ2) is 10.4. The van der Waals surface area contributed by atoms with Crippen LogP contribution >= 0.6 is 0 Å². The second-order valence-corrected chi connectivity index (χ2v) is 4.88. The number of benzene rings is 2. The summed E-state index contributed by atoms with van der Waals surface area (Å²) in [7, 11) is 0. The van der Waals surface area contributed by atoms with Crippen LogP contribution in [0.1, 0.15) is 45.7 Å². The van der Waals surface area contributed by atoms with Crippen molar-refractivity contribution in [3.63, 3.8) is 0 Å². The summed E-state index contributed by atoms with van der Waals surface area (Å²) in [6.45, 7) is 3.53. The summed E-state index contributed by atoms with van der Waals surface area (Å²) in [5, 5.41) is 39.6. The van der Waals surface area contributed by atoms with Gasteiger partial charge in [0.15, 0.2) is 0 Å². The van der Waals surface area contributed by atoms with Gasteiger partial charge in [0.05, 0.1) is 11.1 Å². The van der Waals surface area contributed by atoms with E-state index in [-0.39, 0.29) is 39.7 Å². The van der Waals surface area contributed by atoms with Crippen LogP contribution in [0.25, 0.3) is 0 Å². The van der Waals surface area contributed by atoms with Gasteiger partial charge in [0.1, 0.15) is 0 Å². The molecule has 2 N–H and O–H groups in total. The summed E-state index contributed by atoms with van der Waals surface area (Å²) < 4.78 is 0. The molecule has 0 atom stereocenters. The molecular weight excluding hydrogens is 376 g/mol. The van der Waals surface area contributed by atoms with Gasteiger partial charge in [-0.1, -0.05) is 38.1 Å². The number of carboxylic acids is 2. The van der Waals surface area contributed by atoms with Crippen molar-refractivity contribution in [2.45, 2.75) is 26.7 Å². The van der Waals surface area contributed by atoms with E-state index < -0.39 is 11.9 Å². The second-order valence-electron chi connectivity index (χ2n) is 4.88. The van der Waals surface area contributed by atoms with E-state index in [1.807, 2.05) is 0 Å².